The van der Waals surface area contributed by atoms with Crippen molar-refractivity contribution in [3.05, 3.63) is 0 Å². The fraction of sp³-hybridized carbons (Fsp3) is 1.00. The molecule has 0 saturated heterocycles. The van der Waals surface area contributed by atoms with E-state index in [-0.39, 0.29) is 0 Å². The fourth-order valence-electron chi connectivity index (χ4n) is 1.98. The van der Waals surface area contributed by atoms with Gasteiger partial charge in [-0.3, -0.25) is 0 Å². The zero-order valence-electron chi connectivity index (χ0n) is 6.65. The molecule has 3 unspecified atom stereocenters. The molecule has 0 amide bonds. The molecule has 0 spiro atoms. The molecule has 1 nitrogen and oxygen atoms in total. The van der Waals surface area contributed by atoms with Crippen LogP contribution in [0.1, 0.15) is 26.7 Å². The van der Waals surface area contributed by atoms with E-state index in [2.05, 4.69) is 26.2 Å². The van der Waals surface area contributed by atoms with Crippen LogP contribution in [0.3, 0.4) is 0 Å². The van der Waals surface area contributed by atoms with Crippen LogP contribution in [0.5, 0.6) is 0 Å². The monoisotopic (exact) mass is 127 g/mol. The normalized spacial score (nSPS) is 42.3. The molecule has 1 aliphatic rings. The van der Waals surface area contributed by atoms with Gasteiger partial charge in [0.2, 0.25) is 0 Å². The first kappa shape index (κ1) is 7.07. The second kappa shape index (κ2) is 2.70. The Kier molecular flexibility index (Phi) is 2.12. The minimum atomic E-state index is 0.815. The highest BCUT2D eigenvalue weighted by molar-refractivity contribution is 4.90. The molecule has 1 N–H and O–H groups in total. The van der Waals surface area contributed by atoms with Crippen molar-refractivity contribution in [2.45, 2.75) is 32.7 Å². The summed E-state index contributed by atoms with van der Waals surface area (Å²) in [7, 11) is 2.07. The van der Waals surface area contributed by atoms with Gasteiger partial charge >= 0.3 is 0 Å². The lowest BCUT2D eigenvalue weighted by Crippen LogP contribution is -2.48. The average Bonchev–Trinajstić information content (AvgIpc) is 1.83. The Labute approximate surface area is 57.8 Å². The van der Waals surface area contributed by atoms with Crippen molar-refractivity contribution in [2.24, 2.45) is 11.8 Å². The quantitative estimate of drug-likeness (QED) is 0.594. The van der Waals surface area contributed by atoms with Crippen LogP contribution in [0.25, 0.3) is 0 Å². The van der Waals surface area contributed by atoms with Crippen LogP contribution in [-0.2, 0) is 0 Å². The van der Waals surface area contributed by atoms with Crippen LogP contribution < -0.4 is 5.32 Å². The van der Waals surface area contributed by atoms with Gasteiger partial charge in [0.1, 0.15) is 0 Å². The number of hydrogen-bond acceptors (Lipinski definition) is 1. The third-order valence-electron chi connectivity index (χ3n) is 2.65. The van der Waals surface area contributed by atoms with E-state index in [4.69, 9.17) is 0 Å². The minimum absolute atomic E-state index is 0.815. The molecule has 0 bridgehead atoms. The number of hydrogen-bond donors (Lipinski definition) is 1. The highest BCUT2D eigenvalue weighted by Crippen LogP contribution is 2.35. The predicted molar refractivity (Wildman–Crippen MR) is 40.4 cm³/mol. The molecule has 1 rings (SSSR count). The Bertz CT molecular complexity index is 90.6. The van der Waals surface area contributed by atoms with Crippen LogP contribution in [0.4, 0.5) is 0 Å². The zero-order valence-corrected chi connectivity index (χ0v) is 6.65. The Hall–Kier alpha value is -0.0400. The predicted octanol–water partition coefficient (Wildman–Crippen LogP) is 1.64. The second-order valence-electron chi connectivity index (χ2n) is 3.20. The Balaban J connectivity index is 2.29. The zero-order chi connectivity index (χ0) is 6.85. The second-order valence-corrected chi connectivity index (χ2v) is 3.20. The lowest BCUT2D eigenvalue weighted by Gasteiger charge is -2.42. The van der Waals surface area contributed by atoms with Gasteiger partial charge in [-0.25, -0.2) is 0 Å². The van der Waals surface area contributed by atoms with Gasteiger partial charge in [0.05, 0.1) is 0 Å². The van der Waals surface area contributed by atoms with E-state index >= 15 is 0 Å². The van der Waals surface area contributed by atoms with E-state index < -0.39 is 0 Å². The summed E-state index contributed by atoms with van der Waals surface area (Å²) < 4.78 is 0. The summed E-state index contributed by atoms with van der Waals surface area (Å²) in [6, 6.07) is 0.815. The minimum Gasteiger partial charge on any atom is -0.316 e. The van der Waals surface area contributed by atoms with E-state index in [9.17, 15) is 0 Å². The maximum Gasteiger partial charge on any atom is 0.0118 e. The Morgan fingerprint density at radius 3 is 2.44 bits per heavy atom. The van der Waals surface area contributed by atoms with E-state index in [0.29, 0.717) is 0 Å². The molecule has 1 fully saturated rings. The van der Waals surface area contributed by atoms with Crippen molar-refractivity contribution in [1.29, 1.82) is 0 Å². The van der Waals surface area contributed by atoms with Gasteiger partial charge in [0.25, 0.3) is 0 Å². The third-order valence-corrected chi connectivity index (χ3v) is 2.65. The van der Waals surface area contributed by atoms with Crippen LogP contribution >= 0.6 is 0 Å². The molecule has 9 heavy (non-hydrogen) atoms. The van der Waals surface area contributed by atoms with Crippen molar-refractivity contribution in [1.82, 2.24) is 5.32 Å². The lowest BCUT2D eigenvalue weighted by atomic mass is 9.70. The van der Waals surface area contributed by atoms with Gasteiger partial charge < -0.3 is 5.32 Å². The molecular formula is C8H17N. The summed E-state index contributed by atoms with van der Waals surface area (Å²) in [6.07, 6.45) is 2.78. The Morgan fingerprint density at radius 1 is 1.56 bits per heavy atom. The topological polar surface area (TPSA) is 12.0 Å². The van der Waals surface area contributed by atoms with Gasteiger partial charge in [-0.15, -0.1) is 0 Å². The first-order valence-electron chi connectivity index (χ1n) is 3.96. The fourth-order valence-corrected chi connectivity index (χ4v) is 1.98. The Morgan fingerprint density at radius 2 is 2.22 bits per heavy atom. The SMILES string of the molecule is CCC1CC(C)C1NC. The molecular weight excluding hydrogens is 110 g/mol. The molecule has 0 radical (unpaired) electrons. The van der Waals surface area contributed by atoms with Crippen LogP contribution in [-0.4, -0.2) is 13.1 Å². The summed E-state index contributed by atoms with van der Waals surface area (Å²) in [5.74, 6) is 1.88. The first-order valence-corrected chi connectivity index (χ1v) is 3.96. The summed E-state index contributed by atoms with van der Waals surface area (Å²) in [4.78, 5) is 0. The number of rotatable bonds is 2. The van der Waals surface area contributed by atoms with Gasteiger partial charge in [0.15, 0.2) is 0 Å². The molecule has 0 aliphatic heterocycles. The largest absolute Gasteiger partial charge is 0.316 e. The van der Waals surface area contributed by atoms with Crippen LogP contribution in [0, 0.1) is 11.8 Å². The molecule has 0 aromatic heterocycles. The molecule has 1 heteroatoms. The van der Waals surface area contributed by atoms with E-state index in [0.717, 1.165) is 17.9 Å². The molecule has 3 atom stereocenters. The van der Waals surface area contributed by atoms with Gasteiger partial charge in [-0.1, -0.05) is 20.3 Å². The lowest BCUT2D eigenvalue weighted by molar-refractivity contribution is 0.128. The average molecular weight is 127 g/mol. The van der Waals surface area contributed by atoms with Crippen molar-refractivity contribution in [3.8, 4) is 0 Å². The van der Waals surface area contributed by atoms with Crippen molar-refractivity contribution < 1.29 is 0 Å². The van der Waals surface area contributed by atoms with E-state index in [1.54, 1.807) is 0 Å². The standard InChI is InChI=1S/C8H17N/c1-4-7-5-6(2)8(7)9-3/h6-9H,4-5H2,1-3H3. The third kappa shape index (κ3) is 1.11. The summed E-state index contributed by atoms with van der Waals surface area (Å²) in [6.45, 7) is 4.61. The maximum atomic E-state index is 3.35. The van der Waals surface area contributed by atoms with Crippen molar-refractivity contribution >= 4 is 0 Å². The molecule has 1 saturated carbocycles. The van der Waals surface area contributed by atoms with Crippen LogP contribution in [0.15, 0.2) is 0 Å². The summed E-state index contributed by atoms with van der Waals surface area (Å²) in [5.41, 5.74) is 0. The van der Waals surface area contributed by atoms with Gasteiger partial charge in [-0.2, -0.15) is 0 Å². The van der Waals surface area contributed by atoms with Gasteiger partial charge in [-0.05, 0) is 25.3 Å². The molecule has 1 aliphatic carbocycles. The molecule has 54 valence electrons. The molecule has 0 aromatic rings. The molecule has 0 aromatic carbocycles. The summed E-state index contributed by atoms with van der Waals surface area (Å²) >= 11 is 0. The summed E-state index contributed by atoms with van der Waals surface area (Å²) in [5, 5.41) is 3.35. The van der Waals surface area contributed by atoms with Crippen molar-refractivity contribution in [2.75, 3.05) is 7.05 Å². The highest BCUT2D eigenvalue weighted by atomic mass is 14.9. The number of nitrogens with one attached hydrogen (secondary N) is 1. The molecule has 0 heterocycles. The van der Waals surface area contributed by atoms with E-state index in [1.807, 2.05) is 0 Å². The first-order chi connectivity index (χ1) is 4.29. The van der Waals surface area contributed by atoms with Crippen LogP contribution in [0.2, 0.25) is 0 Å². The highest BCUT2D eigenvalue weighted by Gasteiger charge is 2.34. The van der Waals surface area contributed by atoms with E-state index in [1.165, 1.54) is 12.8 Å². The maximum absolute atomic E-state index is 3.35. The van der Waals surface area contributed by atoms with Gasteiger partial charge in [0, 0.05) is 6.04 Å². The van der Waals surface area contributed by atoms with Crippen molar-refractivity contribution in [3.63, 3.8) is 0 Å². The smallest absolute Gasteiger partial charge is 0.0118 e.